The lowest BCUT2D eigenvalue weighted by Gasteiger charge is -2.29. The summed E-state index contributed by atoms with van der Waals surface area (Å²) >= 11 is 0. The molecule has 1 atom stereocenters. The molecule has 1 aromatic rings. The first-order valence-corrected chi connectivity index (χ1v) is 6.83. The van der Waals surface area contributed by atoms with Crippen LogP contribution in [0.2, 0.25) is 0 Å². The van der Waals surface area contributed by atoms with Crippen molar-refractivity contribution in [3.8, 4) is 0 Å². The van der Waals surface area contributed by atoms with Crippen molar-refractivity contribution in [2.75, 3.05) is 34.2 Å². The zero-order valence-corrected chi connectivity index (χ0v) is 15.8. The van der Waals surface area contributed by atoms with E-state index in [0.29, 0.717) is 6.54 Å². The SMILES string of the molecule is CNC(C(=O)NCC(C)(C)CN(C)C)c1cnn(C)c1.Cl.Cl. The van der Waals surface area contributed by atoms with Gasteiger partial charge in [0, 0.05) is 31.9 Å². The topological polar surface area (TPSA) is 62.2 Å². The molecule has 0 spiro atoms. The smallest absolute Gasteiger partial charge is 0.241 e. The van der Waals surface area contributed by atoms with Crippen LogP contribution in [0.3, 0.4) is 0 Å². The molecule has 1 amide bonds. The molecule has 0 aliphatic carbocycles. The number of amides is 1. The van der Waals surface area contributed by atoms with E-state index in [1.54, 1.807) is 17.9 Å². The zero-order chi connectivity index (χ0) is 15.3. The van der Waals surface area contributed by atoms with Gasteiger partial charge in [-0.2, -0.15) is 5.10 Å². The number of rotatable bonds is 7. The molecule has 130 valence electrons. The van der Waals surface area contributed by atoms with Crippen molar-refractivity contribution in [1.29, 1.82) is 0 Å². The molecule has 1 aromatic heterocycles. The number of aromatic nitrogens is 2. The average Bonchev–Trinajstić information content (AvgIpc) is 2.72. The Morgan fingerprint density at radius 3 is 2.41 bits per heavy atom. The summed E-state index contributed by atoms with van der Waals surface area (Å²) in [4.78, 5) is 14.4. The van der Waals surface area contributed by atoms with Gasteiger partial charge in [-0.1, -0.05) is 13.8 Å². The number of hydrogen-bond donors (Lipinski definition) is 2. The van der Waals surface area contributed by atoms with Crippen molar-refractivity contribution >= 4 is 30.7 Å². The summed E-state index contributed by atoms with van der Waals surface area (Å²) in [5.41, 5.74) is 0.907. The lowest BCUT2D eigenvalue weighted by atomic mass is 9.92. The van der Waals surface area contributed by atoms with Crippen molar-refractivity contribution in [2.45, 2.75) is 19.9 Å². The van der Waals surface area contributed by atoms with Crippen LogP contribution in [-0.2, 0) is 11.8 Å². The molecule has 0 aliphatic rings. The molecule has 0 saturated carbocycles. The number of likely N-dealkylation sites (N-methyl/N-ethyl adjacent to an activating group) is 1. The Bertz CT molecular complexity index is 448. The highest BCUT2D eigenvalue weighted by Gasteiger charge is 2.24. The molecular weight excluding hydrogens is 325 g/mol. The van der Waals surface area contributed by atoms with E-state index >= 15 is 0 Å². The van der Waals surface area contributed by atoms with E-state index in [4.69, 9.17) is 0 Å². The highest BCUT2D eigenvalue weighted by Crippen LogP contribution is 2.16. The number of nitrogens with zero attached hydrogens (tertiary/aromatic N) is 3. The van der Waals surface area contributed by atoms with E-state index in [9.17, 15) is 4.79 Å². The second-order valence-corrected chi connectivity index (χ2v) is 6.29. The molecule has 2 N–H and O–H groups in total. The highest BCUT2D eigenvalue weighted by atomic mass is 35.5. The molecule has 8 heteroatoms. The lowest BCUT2D eigenvalue weighted by Crippen LogP contribution is -2.43. The fourth-order valence-corrected chi connectivity index (χ4v) is 2.38. The van der Waals surface area contributed by atoms with Crippen LogP contribution in [0.25, 0.3) is 0 Å². The fourth-order valence-electron chi connectivity index (χ4n) is 2.38. The first kappa shape index (κ1) is 23.4. The molecule has 0 aliphatic heterocycles. The predicted molar refractivity (Wildman–Crippen MR) is 94.8 cm³/mol. The van der Waals surface area contributed by atoms with E-state index in [1.807, 2.05) is 27.3 Å². The van der Waals surface area contributed by atoms with Crippen molar-refractivity contribution < 1.29 is 4.79 Å². The van der Waals surface area contributed by atoms with E-state index in [2.05, 4.69) is 34.5 Å². The van der Waals surface area contributed by atoms with Gasteiger partial charge in [0.25, 0.3) is 0 Å². The maximum absolute atomic E-state index is 12.3. The van der Waals surface area contributed by atoms with Crippen molar-refractivity contribution in [3.05, 3.63) is 18.0 Å². The predicted octanol–water partition coefficient (Wildman–Crippen LogP) is 1.23. The largest absolute Gasteiger partial charge is 0.354 e. The first-order chi connectivity index (χ1) is 9.25. The molecule has 0 radical (unpaired) electrons. The standard InChI is InChI=1S/C14H27N5O.2ClH/c1-14(2,10-18(4)5)9-16-13(20)12(15-3)11-7-17-19(6)8-11;;/h7-8,12,15H,9-10H2,1-6H3,(H,16,20);2*1H. The normalized spacial score (nSPS) is 12.3. The van der Waals surface area contributed by atoms with Crippen LogP contribution in [0.5, 0.6) is 0 Å². The Kier molecular flexibility index (Phi) is 10.7. The minimum absolute atomic E-state index is 0. The number of nitrogens with one attached hydrogen (secondary N) is 2. The first-order valence-electron chi connectivity index (χ1n) is 6.83. The third-order valence-corrected chi connectivity index (χ3v) is 3.09. The van der Waals surface area contributed by atoms with Gasteiger partial charge in [0.05, 0.1) is 6.20 Å². The van der Waals surface area contributed by atoms with Crippen LogP contribution in [0, 0.1) is 5.41 Å². The van der Waals surface area contributed by atoms with Crippen molar-refractivity contribution in [2.24, 2.45) is 12.5 Å². The molecule has 1 unspecified atom stereocenters. The summed E-state index contributed by atoms with van der Waals surface area (Å²) in [5, 5.41) is 10.2. The van der Waals surface area contributed by atoms with Crippen LogP contribution in [0.1, 0.15) is 25.5 Å². The fraction of sp³-hybridized carbons (Fsp3) is 0.714. The van der Waals surface area contributed by atoms with Gasteiger partial charge in [-0.15, -0.1) is 24.8 Å². The Labute approximate surface area is 145 Å². The second-order valence-electron chi connectivity index (χ2n) is 6.29. The number of aryl methyl sites for hydroxylation is 1. The van der Waals surface area contributed by atoms with Crippen LogP contribution in [0.4, 0.5) is 0 Å². The second kappa shape index (κ2) is 10.0. The summed E-state index contributed by atoms with van der Waals surface area (Å²) in [6.45, 7) is 5.85. The van der Waals surface area contributed by atoms with Gasteiger partial charge in [-0.05, 0) is 26.6 Å². The van der Waals surface area contributed by atoms with E-state index in [1.165, 1.54) is 0 Å². The minimum Gasteiger partial charge on any atom is -0.354 e. The number of halogens is 2. The van der Waals surface area contributed by atoms with Crippen molar-refractivity contribution in [3.63, 3.8) is 0 Å². The zero-order valence-electron chi connectivity index (χ0n) is 14.2. The molecule has 0 saturated heterocycles. The molecule has 0 aromatic carbocycles. The summed E-state index contributed by atoms with van der Waals surface area (Å²) in [7, 11) is 7.70. The quantitative estimate of drug-likeness (QED) is 0.773. The molecule has 22 heavy (non-hydrogen) atoms. The monoisotopic (exact) mass is 353 g/mol. The molecule has 0 bridgehead atoms. The maximum Gasteiger partial charge on any atom is 0.241 e. The van der Waals surface area contributed by atoms with Crippen LogP contribution in [-0.4, -0.2) is 54.8 Å². The Morgan fingerprint density at radius 2 is 2.00 bits per heavy atom. The van der Waals surface area contributed by atoms with Crippen LogP contribution in [0.15, 0.2) is 12.4 Å². The van der Waals surface area contributed by atoms with E-state index in [0.717, 1.165) is 12.1 Å². The Morgan fingerprint density at radius 1 is 1.41 bits per heavy atom. The van der Waals surface area contributed by atoms with Gasteiger partial charge in [0.1, 0.15) is 6.04 Å². The summed E-state index contributed by atoms with van der Waals surface area (Å²) in [5.74, 6) is -0.0210. The van der Waals surface area contributed by atoms with Gasteiger partial charge in [0.15, 0.2) is 0 Å². The summed E-state index contributed by atoms with van der Waals surface area (Å²) < 4.78 is 1.70. The van der Waals surface area contributed by atoms with Gasteiger partial charge >= 0.3 is 0 Å². The molecule has 1 heterocycles. The number of carbonyl (C=O) groups is 1. The molecular formula is C14H29Cl2N5O. The Hall–Kier alpha value is -0.820. The van der Waals surface area contributed by atoms with Gasteiger partial charge < -0.3 is 15.5 Å². The molecule has 0 fully saturated rings. The average molecular weight is 354 g/mol. The third kappa shape index (κ3) is 7.45. The summed E-state index contributed by atoms with van der Waals surface area (Å²) in [6.07, 6.45) is 3.57. The van der Waals surface area contributed by atoms with Gasteiger partial charge in [-0.3, -0.25) is 9.48 Å². The number of hydrogen-bond acceptors (Lipinski definition) is 4. The van der Waals surface area contributed by atoms with Crippen LogP contribution < -0.4 is 10.6 Å². The number of carbonyl (C=O) groups excluding carboxylic acids is 1. The van der Waals surface area contributed by atoms with Gasteiger partial charge in [-0.25, -0.2) is 0 Å². The summed E-state index contributed by atoms with van der Waals surface area (Å²) in [6, 6.07) is -0.362. The minimum atomic E-state index is -0.362. The lowest BCUT2D eigenvalue weighted by molar-refractivity contribution is -0.123. The van der Waals surface area contributed by atoms with E-state index in [-0.39, 0.29) is 42.2 Å². The van der Waals surface area contributed by atoms with Crippen molar-refractivity contribution in [1.82, 2.24) is 25.3 Å². The van der Waals surface area contributed by atoms with Gasteiger partial charge in [0.2, 0.25) is 5.91 Å². The molecule has 6 nitrogen and oxygen atoms in total. The maximum atomic E-state index is 12.3. The highest BCUT2D eigenvalue weighted by molar-refractivity contribution is 5.85. The van der Waals surface area contributed by atoms with E-state index < -0.39 is 0 Å². The third-order valence-electron chi connectivity index (χ3n) is 3.09. The van der Waals surface area contributed by atoms with Crippen LogP contribution >= 0.6 is 24.8 Å². The molecule has 1 rings (SSSR count). The Balaban J connectivity index is 0.